The molecular formula is C20H32N6O2. The van der Waals surface area contributed by atoms with Gasteiger partial charge in [-0.25, -0.2) is 4.98 Å². The predicted octanol–water partition coefficient (Wildman–Crippen LogP) is 0.400. The van der Waals surface area contributed by atoms with E-state index >= 15 is 0 Å². The van der Waals surface area contributed by atoms with Crippen LogP contribution in [0.1, 0.15) is 12.0 Å². The third kappa shape index (κ3) is 4.56. The van der Waals surface area contributed by atoms with Gasteiger partial charge in [0.15, 0.2) is 5.96 Å². The molecule has 0 saturated carbocycles. The zero-order valence-corrected chi connectivity index (χ0v) is 16.8. The first-order valence-corrected chi connectivity index (χ1v) is 10.4. The van der Waals surface area contributed by atoms with Gasteiger partial charge in [0.2, 0.25) is 0 Å². The van der Waals surface area contributed by atoms with Crippen molar-refractivity contribution in [3.63, 3.8) is 0 Å². The number of anilines is 1. The van der Waals surface area contributed by atoms with Gasteiger partial charge in [0.1, 0.15) is 5.82 Å². The summed E-state index contributed by atoms with van der Waals surface area (Å²) in [6, 6.07) is 4.76. The Morgan fingerprint density at radius 1 is 1.14 bits per heavy atom. The SMILES string of the molecule is CN=C(NCc1cccnc1N1CCOCC1)N1CCC(N2CCOCC2)C1. The van der Waals surface area contributed by atoms with Crippen molar-refractivity contribution in [2.75, 3.05) is 77.6 Å². The van der Waals surface area contributed by atoms with Crippen LogP contribution < -0.4 is 10.2 Å². The number of morpholine rings is 2. The van der Waals surface area contributed by atoms with Crippen molar-refractivity contribution in [3.8, 4) is 0 Å². The van der Waals surface area contributed by atoms with Gasteiger partial charge >= 0.3 is 0 Å². The third-order valence-corrected chi connectivity index (χ3v) is 5.85. The highest BCUT2D eigenvalue weighted by Gasteiger charge is 2.30. The topological polar surface area (TPSA) is 65.5 Å². The minimum Gasteiger partial charge on any atom is -0.379 e. The molecule has 1 atom stereocenters. The van der Waals surface area contributed by atoms with Crippen LogP contribution in [-0.2, 0) is 16.0 Å². The quantitative estimate of drug-likeness (QED) is 0.592. The molecule has 28 heavy (non-hydrogen) atoms. The number of nitrogens with one attached hydrogen (secondary N) is 1. The minimum atomic E-state index is 0.602. The Labute approximate surface area is 167 Å². The van der Waals surface area contributed by atoms with E-state index in [9.17, 15) is 0 Å². The molecule has 3 saturated heterocycles. The van der Waals surface area contributed by atoms with Crippen LogP contribution in [0, 0.1) is 0 Å². The summed E-state index contributed by atoms with van der Waals surface area (Å²) in [7, 11) is 1.87. The Balaban J connectivity index is 1.35. The van der Waals surface area contributed by atoms with Crippen molar-refractivity contribution in [2.24, 2.45) is 4.99 Å². The second-order valence-electron chi connectivity index (χ2n) is 7.52. The van der Waals surface area contributed by atoms with Gasteiger partial charge in [-0.1, -0.05) is 6.07 Å². The maximum Gasteiger partial charge on any atom is 0.193 e. The number of aliphatic imine (C=N–C) groups is 1. The molecule has 3 fully saturated rings. The monoisotopic (exact) mass is 388 g/mol. The van der Waals surface area contributed by atoms with E-state index in [1.54, 1.807) is 0 Å². The average Bonchev–Trinajstić information content (AvgIpc) is 3.26. The summed E-state index contributed by atoms with van der Waals surface area (Å²) in [6.07, 6.45) is 3.06. The normalized spacial score (nSPS) is 24.6. The van der Waals surface area contributed by atoms with Gasteiger partial charge in [0.25, 0.3) is 0 Å². The van der Waals surface area contributed by atoms with Crippen molar-refractivity contribution in [3.05, 3.63) is 23.9 Å². The van der Waals surface area contributed by atoms with E-state index in [0.29, 0.717) is 6.04 Å². The summed E-state index contributed by atoms with van der Waals surface area (Å²) < 4.78 is 11.0. The largest absolute Gasteiger partial charge is 0.379 e. The van der Waals surface area contributed by atoms with Crippen LogP contribution in [0.5, 0.6) is 0 Å². The maximum atomic E-state index is 5.49. The predicted molar refractivity (Wildman–Crippen MR) is 110 cm³/mol. The van der Waals surface area contributed by atoms with E-state index in [0.717, 1.165) is 84.0 Å². The Hall–Kier alpha value is -1.90. The van der Waals surface area contributed by atoms with Gasteiger partial charge in [0, 0.05) is 70.7 Å². The lowest BCUT2D eigenvalue weighted by molar-refractivity contribution is 0.0195. The van der Waals surface area contributed by atoms with Crippen LogP contribution in [-0.4, -0.2) is 99.5 Å². The summed E-state index contributed by atoms with van der Waals surface area (Å²) in [5.41, 5.74) is 1.20. The number of hydrogen-bond acceptors (Lipinski definition) is 6. The molecule has 0 spiro atoms. The van der Waals surface area contributed by atoms with E-state index in [2.05, 4.69) is 36.1 Å². The first kappa shape index (κ1) is 19.4. The zero-order chi connectivity index (χ0) is 19.2. The number of pyridine rings is 1. The molecule has 1 unspecified atom stereocenters. The van der Waals surface area contributed by atoms with E-state index in [1.165, 1.54) is 12.0 Å². The third-order valence-electron chi connectivity index (χ3n) is 5.85. The standard InChI is InChI=1S/C20H32N6O2/c1-21-20(26-6-4-18(16-26)24-7-11-27-12-8-24)23-15-17-3-2-5-22-19(17)25-9-13-28-14-10-25/h2-3,5,18H,4,6-16H2,1H3,(H,21,23). The van der Waals surface area contributed by atoms with Gasteiger partial charge < -0.3 is 24.6 Å². The number of likely N-dealkylation sites (tertiary alicyclic amines) is 1. The van der Waals surface area contributed by atoms with E-state index in [4.69, 9.17) is 9.47 Å². The van der Waals surface area contributed by atoms with Crippen molar-refractivity contribution >= 4 is 11.8 Å². The fourth-order valence-electron chi connectivity index (χ4n) is 4.31. The molecule has 0 aliphatic carbocycles. The summed E-state index contributed by atoms with van der Waals surface area (Å²) in [4.78, 5) is 16.4. The Kier molecular flexibility index (Phi) is 6.61. The smallest absolute Gasteiger partial charge is 0.193 e. The molecule has 0 aromatic carbocycles. The summed E-state index contributed by atoms with van der Waals surface area (Å²) in [5.74, 6) is 2.04. The average molecular weight is 389 g/mol. The summed E-state index contributed by atoms with van der Waals surface area (Å²) in [6.45, 7) is 9.93. The number of rotatable bonds is 4. The highest BCUT2D eigenvalue weighted by molar-refractivity contribution is 5.80. The molecule has 0 amide bonds. The second kappa shape index (κ2) is 9.54. The maximum absolute atomic E-state index is 5.49. The Morgan fingerprint density at radius 3 is 2.64 bits per heavy atom. The fourth-order valence-corrected chi connectivity index (χ4v) is 4.31. The summed E-state index contributed by atoms with van der Waals surface area (Å²) >= 11 is 0. The molecule has 4 heterocycles. The molecule has 3 aliphatic rings. The second-order valence-corrected chi connectivity index (χ2v) is 7.52. The molecule has 3 aliphatic heterocycles. The molecule has 0 bridgehead atoms. The molecule has 1 aromatic heterocycles. The zero-order valence-electron chi connectivity index (χ0n) is 16.8. The minimum absolute atomic E-state index is 0.602. The van der Waals surface area contributed by atoms with Crippen molar-refractivity contribution in [2.45, 2.75) is 19.0 Å². The van der Waals surface area contributed by atoms with Crippen molar-refractivity contribution < 1.29 is 9.47 Å². The van der Waals surface area contributed by atoms with Crippen LogP contribution in [0.3, 0.4) is 0 Å². The molecule has 1 aromatic rings. The molecular weight excluding hydrogens is 356 g/mol. The van der Waals surface area contributed by atoms with E-state index < -0.39 is 0 Å². The van der Waals surface area contributed by atoms with Gasteiger partial charge in [0.05, 0.1) is 26.4 Å². The number of aromatic nitrogens is 1. The lowest BCUT2D eigenvalue weighted by Gasteiger charge is -2.32. The lowest BCUT2D eigenvalue weighted by atomic mass is 10.2. The lowest BCUT2D eigenvalue weighted by Crippen LogP contribution is -2.46. The first-order chi connectivity index (χ1) is 13.8. The highest BCUT2D eigenvalue weighted by atomic mass is 16.5. The first-order valence-electron chi connectivity index (χ1n) is 10.4. The molecule has 8 heteroatoms. The van der Waals surface area contributed by atoms with Gasteiger partial charge in [-0.3, -0.25) is 9.89 Å². The van der Waals surface area contributed by atoms with Crippen molar-refractivity contribution in [1.29, 1.82) is 0 Å². The molecule has 154 valence electrons. The highest BCUT2D eigenvalue weighted by Crippen LogP contribution is 2.20. The molecule has 0 radical (unpaired) electrons. The molecule has 8 nitrogen and oxygen atoms in total. The van der Waals surface area contributed by atoms with Crippen LogP contribution in [0.15, 0.2) is 23.3 Å². The van der Waals surface area contributed by atoms with E-state index in [1.807, 2.05) is 19.3 Å². The Morgan fingerprint density at radius 2 is 1.89 bits per heavy atom. The number of hydrogen-bond donors (Lipinski definition) is 1. The van der Waals surface area contributed by atoms with Crippen LogP contribution >= 0.6 is 0 Å². The van der Waals surface area contributed by atoms with Gasteiger partial charge in [-0.15, -0.1) is 0 Å². The van der Waals surface area contributed by atoms with Crippen molar-refractivity contribution in [1.82, 2.24) is 20.1 Å². The molecule has 4 rings (SSSR count). The number of nitrogens with zero attached hydrogens (tertiary/aromatic N) is 5. The van der Waals surface area contributed by atoms with Crippen LogP contribution in [0.25, 0.3) is 0 Å². The van der Waals surface area contributed by atoms with Gasteiger partial charge in [-0.2, -0.15) is 0 Å². The van der Waals surface area contributed by atoms with Crippen LogP contribution in [0.4, 0.5) is 5.82 Å². The fraction of sp³-hybridized carbons (Fsp3) is 0.700. The number of ether oxygens (including phenoxy) is 2. The van der Waals surface area contributed by atoms with Gasteiger partial charge in [-0.05, 0) is 12.5 Å². The van der Waals surface area contributed by atoms with Crippen LogP contribution in [0.2, 0.25) is 0 Å². The summed E-state index contributed by atoms with van der Waals surface area (Å²) in [5, 5.41) is 3.57. The molecule has 1 N–H and O–H groups in total. The number of guanidine groups is 1. The Bertz CT molecular complexity index is 658. The van der Waals surface area contributed by atoms with E-state index in [-0.39, 0.29) is 0 Å².